The van der Waals surface area contributed by atoms with Crippen molar-refractivity contribution in [3.05, 3.63) is 0 Å². The van der Waals surface area contributed by atoms with Crippen molar-refractivity contribution in [1.82, 2.24) is 4.90 Å². The first-order chi connectivity index (χ1) is 10.5. The third kappa shape index (κ3) is 3.50. The number of hydrogen-bond acceptors (Lipinski definition) is 4. The predicted octanol–water partition coefficient (Wildman–Crippen LogP) is 2.07. The molecule has 0 aromatic heterocycles. The van der Waals surface area contributed by atoms with E-state index in [9.17, 15) is 13.2 Å². The third-order valence-corrected chi connectivity index (χ3v) is 8.22. The molecule has 2 saturated heterocycles. The molecule has 3 fully saturated rings. The van der Waals surface area contributed by atoms with Gasteiger partial charge in [-0.1, -0.05) is 37.4 Å². The summed E-state index contributed by atoms with van der Waals surface area (Å²) in [5.41, 5.74) is 0. The van der Waals surface area contributed by atoms with Crippen LogP contribution in [-0.2, 0) is 14.6 Å². The fourth-order valence-corrected chi connectivity index (χ4v) is 7.83. The van der Waals surface area contributed by atoms with E-state index in [-0.39, 0.29) is 28.7 Å². The van der Waals surface area contributed by atoms with Gasteiger partial charge in [-0.15, -0.1) is 0 Å². The number of carbonyl (C=O) groups is 1. The molecular formula is C15H24N2O3S2. The quantitative estimate of drug-likeness (QED) is 0.781. The van der Waals surface area contributed by atoms with Crippen molar-refractivity contribution in [2.75, 3.05) is 18.1 Å². The summed E-state index contributed by atoms with van der Waals surface area (Å²) in [6.07, 6.45) is 6.58. The Labute approximate surface area is 136 Å². The number of carbonyl (C=O) groups excluding carboxylic acids is 1. The van der Waals surface area contributed by atoms with E-state index in [0.717, 1.165) is 11.6 Å². The van der Waals surface area contributed by atoms with Gasteiger partial charge in [0, 0.05) is 18.2 Å². The molecule has 124 valence electrons. The molecule has 1 amide bonds. The van der Waals surface area contributed by atoms with Gasteiger partial charge in [0.25, 0.3) is 0 Å². The Balaban J connectivity index is 1.60. The molecule has 7 heteroatoms. The largest absolute Gasteiger partial charge is 0.346 e. The second-order valence-electron chi connectivity index (χ2n) is 6.56. The Morgan fingerprint density at radius 2 is 2.05 bits per heavy atom. The minimum absolute atomic E-state index is 0.00128. The van der Waals surface area contributed by atoms with Crippen molar-refractivity contribution in [3.8, 4) is 0 Å². The summed E-state index contributed by atoms with van der Waals surface area (Å²) in [4.78, 5) is 18.4. The lowest BCUT2D eigenvalue weighted by atomic mass is 10.0. The molecule has 2 atom stereocenters. The SMILES string of the molecule is CCN1C(=NC(=O)CCC2CCCC2)SC2CS(=O)(=O)CC21. The second kappa shape index (κ2) is 6.51. The van der Waals surface area contributed by atoms with Gasteiger partial charge in [0.1, 0.15) is 0 Å². The molecule has 2 heterocycles. The molecule has 0 radical (unpaired) electrons. The number of nitrogens with zero attached hydrogens (tertiary/aromatic N) is 2. The number of thioether (sulfide) groups is 1. The van der Waals surface area contributed by atoms with Gasteiger partial charge >= 0.3 is 0 Å². The van der Waals surface area contributed by atoms with Gasteiger partial charge in [0.05, 0.1) is 17.5 Å². The van der Waals surface area contributed by atoms with Crippen LogP contribution in [0.25, 0.3) is 0 Å². The summed E-state index contributed by atoms with van der Waals surface area (Å²) < 4.78 is 23.5. The lowest BCUT2D eigenvalue weighted by Gasteiger charge is -2.22. The molecular weight excluding hydrogens is 320 g/mol. The van der Waals surface area contributed by atoms with Crippen LogP contribution in [-0.4, -0.2) is 53.7 Å². The van der Waals surface area contributed by atoms with Crippen molar-refractivity contribution in [1.29, 1.82) is 0 Å². The molecule has 1 aliphatic carbocycles. The fourth-order valence-electron chi connectivity index (χ4n) is 3.79. The van der Waals surface area contributed by atoms with Crippen LogP contribution in [0.5, 0.6) is 0 Å². The fraction of sp³-hybridized carbons (Fsp3) is 0.867. The number of aliphatic imine (C=N–C) groups is 1. The first-order valence-corrected chi connectivity index (χ1v) is 10.9. The number of sulfone groups is 1. The highest BCUT2D eigenvalue weighted by Crippen LogP contribution is 2.38. The molecule has 0 aromatic rings. The average molecular weight is 345 g/mol. The van der Waals surface area contributed by atoms with Crippen molar-refractivity contribution in [2.45, 2.75) is 56.7 Å². The zero-order chi connectivity index (χ0) is 15.7. The summed E-state index contributed by atoms with van der Waals surface area (Å²) in [7, 11) is -2.92. The van der Waals surface area contributed by atoms with Crippen molar-refractivity contribution in [2.24, 2.45) is 10.9 Å². The lowest BCUT2D eigenvalue weighted by Crippen LogP contribution is -2.37. The first kappa shape index (κ1) is 16.3. The normalized spacial score (nSPS) is 32.8. The molecule has 0 bridgehead atoms. The maximum Gasteiger partial charge on any atom is 0.248 e. The molecule has 0 N–H and O–H groups in total. The van der Waals surface area contributed by atoms with E-state index in [1.54, 1.807) is 0 Å². The molecule has 0 spiro atoms. The van der Waals surface area contributed by atoms with Gasteiger partial charge in [-0.25, -0.2) is 8.42 Å². The predicted molar refractivity (Wildman–Crippen MR) is 89.8 cm³/mol. The Kier molecular flexibility index (Phi) is 4.83. The molecule has 0 aromatic carbocycles. The number of hydrogen-bond donors (Lipinski definition) is 0. The van der Waals surface area contributed by atoms with Crippen LogP contribution >= 0.6 is 11.8 Å². The van der Waals surface area contributed by atoms with Crippen LogP contribution in [0.1, 0.15) is 45.4 Å². The van der Waals surface area contributed by atoms with Crippen LogP contribution in [0.2, 0.25) is 0 Å². The molecule has 2 aliphatic heterocycles. The maximum atomic E-state index is 12.1. The van der Waals surface area contributed by atoms with E-state index in [4.69, 9.17) is 0 Å². The molecule has 3 rings (SSSR count). The second-order valence-corrected chi connectivity index (χ2v) is 9.92. The number of rotatable bonds is 4. The highest BCUT2D eigenvalue weighted by molar-refractivity contribution is 8.15. The smallest absolute Gasteiger partial charge is 0.248 e. The number of fused-ring (bicyclic) bond motifs is 1. The Morgan fingerprint density at radius 1 is 1.32 bits per heavy atom. The van der Waals surface area contributed by atoms with Gasteiger partial charge in [-0.2, -0.15) is 4.99 Å². The topological polar surface area (TPSA) is 66.8 Å². The molecule has 2 unspecified atom stereocenters. The minimum atomic E-state index is -2.92. The van der Waals surface area contributed by atoms with Crippen LogP contribution < -0.4 is 0 Å². The third-order valence-electron chi connectivity index (χ3n) is 4.98. The molecule has 1 saturated carbocycles. The summed E-state index contributed by atoms with van der Waals surface area (Å²) >= 11 is 1.48. The lowest BCUT2D eigenvalue weighted by molar-refractivity contribution is -0.118. The molecule has 5 nitrogen and oxygen atoms in total. The Bertz CT molecular complexity index is 567. The van der Waals surface area contributed by atoms with Gasteiger partial charge in [0.15, 0.2) is 15.0 Å². The van der Waals surface area contributed by atoms with Crippen LogP contribution in [0, 0.1) is 5.92 Å². The van der Waals surface area contributed by atoms with Gasteiger partial charge in [-0.3, -0.25) is 4.79 Å². The summed E-state index contributed by atoms with van der Waals surface area (Å²) in [6, 6.07) is 0.00128. The summed E-state index contributed by atoms with van der Waals surface area (Å²) in [6.45, 7) is 2.70. The monoisotopic (exact) mass is 344 g/mol. The van der Waals surface area contributed by atoms with Gasteiger partial charge in [0.2, 0.25) is 5.91 Å². The van der Waals surface area contributed by atoms with E-state index >= 15 is 0 Å². The standard InChI is InChI=1S/C15H24N2O3S2/c1-2-17-12-9-22(19,20)10-13(12)21-15(17)16-14(18)8-7-11-5-3-4-6-11/h11-13H,2-10H2,1H3. The Hall–Kier alpha value is -0.560. The zero-order valence-electron chi connectivity index (χ0n) is 13.0. The van der Waals surface area contributed by atoms with E-state index in [1.165, 1.54) is 37.4 Å². The van der Waals surface area contributed by atoms with Crippen molar-refractivity contribution >= 4 is 32.7 Å². The van der Waals surface area contributed by atoms with Gasteiger partial charge in [-0.05, 0) is 19.3 Å². The highest BCUT2D eigenvalue weighted by Gasteiger charge is 2.48. The van der Waals surface area contributed by atoms with E-state index in [0.29, 0.717) is 18.9 Å². The van der Waals surface area contributed by atoms with Crippen LogP contribution in [0.15, 0.2) is 4.99 Å². The summed E-state index contributed by atoms with van der Waals surface area (Å²) in [5, 5.41) is 0.787. The maximum absolute atomic E-state index is 12.1. The summed E-state index contributed by atoms with van der Waals surface area (Å²) in [5.74, 6) is 1.07. The number of amidine groups is 1. The minimum Gasteiger partial charge on any atom is -0.346 e. The van der Waals surface area contributed by atoms with Crippen LogP contribution in [0.4, 0.5) is 0 Å². The van der Waals surface area contributed by atoms with E-state index in [2.05, 4.69) is 4.99 Å². The molecule has 22 heavy (non-hydrogen) atoms. The van der Waals surface area contributed by atoms with Crippen molar-refractivity contribution < 1.29 is 13.2 Å². The Morgan fingerprint density at radius 3 is 2.73 bits per heavy atom. The first-order valence-electron chi connectivity index (χ1n) is 8.24. The number of amides is 1. The zero-order valence-corrected chi connectivity index (χ0v) is 14.7. The molecule has 3 aliphatic rings. The average Bonchev–Trinajstić information content (AvgIpc) is 3.11. The highest BCUT2D eigenvalue weighted by atomic mass is 32.2. The van der Waals surface area contributed by atoms with E-state index < -0.39 is 9.84 Å². The van der Waals surface area contributed by atoms with E-state index in [1.807, 2.05) is 11.8 Å². The van der Waals surface area contributed by atoms with Crippen molar-refractivity contribution in [3.63, 3.8) is 0 Å². The van der Waals surface area contributed by atoms with Crippen LogP contribution in [0.3, 0.4) is 0 Å². The van der Waals surface area contributed by atoms with Gasteiger partial charge < -0.3 is 4.90 Å².